The monoisotopic (exact) mass is 344 g/mol. The molecule has 0 radical (unpaired) electrons. The predicted octanol–water partition coefficient (Wildman–Crippen LogP) is 1.38. The Morgan fingerprint density at radius 1 is 1.33 bits per heavy atom. The molecule has 2 aliphatic heterocycles. The molecular weight excluding hydrogens is 316 g/mol. The Bertz CT molecular complexity index is 496. The number of aliphatic hydroxyl groups is 1. The Balaban J connectivity index is 2.26. The average Bonchev–Trinajstić information content (AvgIpc) is 2.91. The third kappa shape index (κ3) is 3.36. The van der Waals surface area contributed by atoms with Crippen LogP contribution in [0.25, 0.3) is 0 Å². The lowest BCUT2D eigenvalue weighted by Gasteiger charge is -2.38. The predicted molar refractivity (Wildman–Crippen MR) is 85.1 cm³/mol. The zero-order valence-corrected chi connectivity index (χ0v) is 15.2. The van der Waals surface area contributed by atoms with Gasteiger partial charge in [-0.1, -0.05) is 6.08 Å². The summed E-state index contributed by atoms with van der Waals surface area (Å²) in [5.41, 5.74) is -2.02. The van der Waals surface area contributed by atoms with Gasteiger partial charge in [0.25, 0.3) is 0 Å². The molecule has 0 spiro atoms. The highest BCUT2D eigenvalue weighted by atomic mass is 16.8. The number of aliphatic hydroxyl groups excluding tert-OH is 1. The lowest BCUT2D eigenvalue weighted by atomic mass is 9.89. The number of rotatable bonds is 5. The van der Waals surface area contributed by atoms with Crippen molar-refractivity contribution in [1.82, 2.24) is 0 Å². The van der Waals surface area contributed by atoms with Gasteiger partial charge in [-0.05, 0) is 34.6 Å². The number of carbonyl (C=O) groups excluding carboxylic acids is 1. The van der Waals surface area contributed by atoms with Gasteiger partial charge in [0.15, 0.2) is 17.7 Å². The van der Waals surface area contributed by atoms with Gasteiger partial charge in [0.2, 0.25) is 0 Å². The molecule has 2 rings (SSSR count). The van der Waals surface area contributed by atoms with Crippen LogP contribution >= 0.6 is 0 Å². The zero-order chi connectivity index (χ0) is 18.3. The molecule has 2 aliphatic rings. The average molecular weight is 344 g/mol. The van der Waals surface area contributed by atoms with E-state index in [2.05, 4.69) is 6.58 Å². The van der Waals surface area contributed by atoms with Crippen LogP contribution in [0.1, 0.15) is 34.6 Å². The number of fused-ring (bicyclic) bond motifs is 1. The van der Waals surface area contributed by atoms with Gasteiger partial charge in [-0.25, -0.2) is 0 Å². The van der Waals surface area contributed by atoms with Crippen LogP contribution in [0.2, 0.25) is 0 Å². The summed E-state index contributed by atoms with van der Waals surface area (Å²) in [6, 6.07) is 0. The molecule has 0 unspecified atom stereocenters. The summed E-state index contributed by atoms with van der Waals surface area (Å²) < 4.78 is 28.5. The number of methoxy groups -OCH3 is 1. The summed E-state index contributed by atoms with van der Waals surface area (Å²) in [6.07, 6.45) is -1.77. The van der Waals surface area contributed by atoms with Crippen molar-refractivity contribution >= 4 is 5.97 Å². The molecule has 138 valence electrons. The van der Waals surface area contributed by atoms with Gasteiger partial charge in [0, 0.05) is 7.11 Å². The van der Waals surface area contributed by atoms with E-state index in [-0.39, 0.29) is 6.61 Å². The number of carbonyl (C=O) groups is 1. The van der Waals surface area contributed by atoms with Gasteiger partial charge in [-0.15, -0.1) is 6.58 Å². The summed E-state index contributed by atoms with van der Waals surface area (Å²) in [7, 11) is 1.49. The molecule has 0 bridgehead atoms. The largest absolute Gasteiger partial charge is 0.462 e. The second kappa shape index (κ2) is 6.38. The van der Waals surface area contributed by atoms with Crippen molar-refractivity contribution < 1.29 is 33.6 Å². The van der Waals surface area contributed by atoms with Gasteiger partial charge in [0.1, 0.15) is 24.9 Å². The summed E-state index contributed by atoms with van der Waals surface area (Å²) >= 11 is 0. The molecule has 2 fully saturated rings. The normalized spacial score (nSPS) is 36.2. The van der Waals surface area contributed by atoms with E-state index in [9.17, 15) is 9.90 Å². The molecule has 24 heavy (non-hydrogen) atoms. The van der Waals surface area contributed by atoms with Crippen molar-refractivity contribution in [3.8, 4) is 0 Å². The number of ether oxygens (including phenoxy) is 5. The standard InChI is InChI=1S/C17H28O7/c1-8-10(18)17(9-21-14(19)15(2,3)4)12(20-7)11-13(24-17)23-16(5,6)22-11/h8,10-13,18H,1,9H2,2-7H3/t10-,11-,12+,13+,17-/m1/s1. The molecule has 0 aromatic heterocycles. The van der Waals surface area contributed by atoms with E-state index < -0.39 is 47.4 Å². The van der Waals surface area contributed by atoms with Crippen molar-refractivity contribution in [3.05, 3.63) is 12.7 Å². The van der Waals surface area contributed by atoms with Gasteiger partial charge >= 0.3 is 5.97 Å². The molecular formula is C17H28O7. The van der Waals surface area contributed by atoms with Crippen LogP contribution in [0, 0.1) is 5.41 Å². The molecule has 2 saturated heterocycles. The molecule has 0 saturated carbocycles. The third-order valence-corrected chi connectivity index (χ3v) is 4.22. The van der Waals surface area contributed by atoms with Crippen LogP contribution < -0.4 is 0 Å². The smallest absolute Gasteiger partial charge is 0.311 e. The van der Waals surface area contributed by atoms with E-state index in [1.54, 1.807) is 34.6 Å². The summed E-state index contributed by atoms with van der Waals surface area (Å²) in [5, 5.41) is 10.5. The Hall–Kier alpha value is -0.990. The maximum absolute atomic E-state index is 12.1. The fourth-order valence-corrected chi connectivity index (χ4v) is 2.98. The quantitative estimate of drug-likeness (QED) is 0.596. The van der Waals surface area contributed by atoms with E-state index in [1.165, 1.54) is 13.2 Å². The van der Waals surface area contributed by atoms with Crippen LogP contribution in [0.4, 0.5) is 0 Å². The van der Waals surface area contributed by atoms with E-state index >= 15 is 0 Å². The first kappa shape index (κ1) is 19.3. The maximum atomic E-state index is 12.1. The minimum Gasteiger partial charge on any atom is -0.462 e. The first-order chi connectivity index (χ1) is 11.0. The fourth-order valence-electron chi connectivity index (χ4n) is 2.98. The summed E-state index contributed by atoms with van der Waals surface area (Å²) in [5.74, 6) is -1.23. The minimum absolute atomic E-state index is 0.199. The Labute approximate surface area is 142 Å². The minimum atomic E-state index is -1.34. The molecule has 2 heterocycles. The highest BCUT2D eigenvalue weighted by molar-refractivity contribution is 5.75. The molecule has 7 heteroatoms. The molecule has 5 atom stereocenters. The first-order valence-corrected chi connectivity index (χ1v) is 8.01. The van der Waals surface area contributed by atoms with Crippen molar-refractivity contribution in [1.29, 1.82) is 0 Å². The second-order valence-corrected chi connectivity index (χ2v) is 7.70. The molecule has 7 nitrogen and oxygen atoms in total. The van der Waals surface area contributed by atoms with Gasteiger partial charge < -0.3 is 28.8 Å². The SMILES string of the molecule is C=C[C@@H](O)[C@@]1(COC(=O)C(C)(C)C)O[C@@H]2OC(C)(C)O[C@@H]2[C@@H]1OC. The Morgan fingerprint density at radius 2 is 1.96 bits per heavy atom. The summed E-state index contributed by atoms with van der Waals surface area (Å²) in [4.78, 5) is 12.1. The van der Waals surface area contributed by atoms with E-state index in [1.807, 2.05) is 0 Å². The van der Waals surface area contributed by atoms with Gasteiger partial charge in [-0.3, -0.25) is 4.79 Å². The molecule has 0 aromatic rings. The van der Waals surface area contributed by atoms with E-state index in [4.69, 9.17) is 23.7 Å². The van der Waals surface area contributed by atoms with E-state index in [0.717, 1.165) is 0 Å². The van der Waals surface area contributed by atoms with Crippen LogP contribution in [0.5, 0.6) is 0 Å². The van der Waals surface area contributed by atoms with Crippen LogP contribution in [-0.2, 0) is 28.5 Å². The Morgan fingerprint density at radius 3 is 2.46 bits per heavy atom. The van der Waals surface area contributed by atoms with Crippen LogP contribution in [0.3, 0.4) is 0 Å². The molecule has 0 aliphatic carbocycles. The molecule has 0 amide bonds. The van der Waals surface area contributed by atoms with Crippen LogP contribution in [-0.4, -0.2) is 60.8 Å². The number of hydrogen-bond acceptors (Lipinski definition) is 7. The maximum Gasteiger partial charge on any atom is 0.311 e. The van der Waals surface area contributed by atoms with Crippen molar-refractivity contribution in [3.63, 3.8) is 0 Å². The summed E-state index contributed by atoms with van der Waals surface area (Å²) in [6.45, 7) is 12.2. The lowest BCUT2D eigenvalue weighted by Crippen LogP contribution is -2.57. The van der Waals surface area contributed by atoms with Crippen molar-refractivity contribution in [2.24, 2.45) is 5.41 Å². The Kier molecular flexibility index (Phi) is 5.14. The van der Waals surface area contributed by atoms with Gasteiger partial charge in [0.05, 0.1) is 5.41 Å². The molecule has 0 aromatic carbocycles. The van der Waals surface area contributed by atoms with Crippen LogP contribution in [0.15, 0.2) is 12.7 Å². The first-order valence-electron chi connectivity index (χ1n) is 8.01. The highest BCUT2D eigenvalue weighted by Gasteiger charge is 2.65. The molecule has 1 N–H and O–H groups in total. The van der Waals surface area contributed by atoms with Crippen molar-refractivity contribution in [2.75, 3.05) is 13.7 Å². The number of esters is 1. The number of hydrogen-bond donors (Lipinski definition) is 1. The second-order valence-electron chi connectivity index (χ2n) is 7.70. The zero-order valence-electron chi connectivity index (χ0n) is 15.2. The van der Waals surface area contributed by atoms with Crippen molar-refractivity contribution in [2.45, 2.75) is 70.6 Å². The topological polar surface area (TPSA) is 83.5 Å². The van der Waals surface area contributed by atoms with Gasteiger partial charge in [-0.2, -0.15) is 0 Å². The third-order valence-electron chi connectivity index (χ3n) is 4.22. The lowest BCUT2D eigenvalue weighted by molar-refractivity contribution is -0.265. The van der Waals surface area contributed by atoms with E-state index in [0.29, 0.717) is 0 Å². The fraction of sp³-hybridized carbons (Fsp3) is 0.824. The highest BCUT2D eigenvalue weighted by Crippen LogP contribution is 2.45.